The fraction of sp³-hybridized carbons (Fsp3) is 0.500. The molecule has 2 rings (SSSR count). The number of halogens is 1. The van der Waals surface area contributed by atoms with E-state index in [2.05, 4.69) is 57.2 Å². The first-order valence-corrected chi connectivity index (χ1v) is 7.60. The van der Waals surface area contributed by atoms with E-state index in [0.29, 0.717) is 12.6 Å². The first-order valence-electron chi connectivity index (χ1n) is 6.80. The van der Waals surface area contributed by atoms with Gasteiger partial charge >= 0.3 is 0 Å². The third-order valence-electron chi connectivity index (χ3n) is 3.69. The van der Waals surface area contributed by atoms with Crippen molar-refractivity contribution in [2.75, 3.05) is 25.0 Å². The molecule has 102 valence electrons. The fourth-order valence-corrected chi connectivity index (χ4v) is 2.63. The molecule has 0 heterocycles. The summed E-state index contributed by atoms with van der Waals surface area (Å²) in [6.45, 7) is 3.93. The van der Waals surface area contributed by atoms with Crippen molar-refractivity contribution in [2.24, 2.45) is 5.92 Å². The third-order valence-corrected chi connectivity index (χ3v) is 4.18. The van der Waals surface area contributed by atoms with Crippen LogP contribution in [0.1, 0.15) is 31.4 Å². The summed E-state index contributed by atoms with van der Waals surface area (Å²) in [6.07, 6.45) is 8.22. The molecule has 0 amide bonds. The Morgan fingerprint density at radius 3 is 2.84 bits per heavy atom. The summed E-state index contributed by atoms with van der Waals surface area (Å²) in [4.78, 5) is 2.34. The van der Waals surface area contributed by atoms with Gasteiger partial charge in [0.05, 0.1) is 6.54 Å². The van der Waals surface area contributed by atoms with E-state index in [1.807, 2.05) is 7.05 Å². The average molecular weight is 321 g/mol. The van der Waals surface area contributed by atoms with Crippen molar-refractivity contribution in [2.45, 2.75) is 25.8 Å². The van der Waals surface area contributed by atoms with Crippen molar-refractivity contribution in [3.8, 4) is 12.3 Å². The number of terminal acetylenes is 1. The highest BCUT2D eigenvalue weighted by Crippen LogP contribution is 2.35. The van der Waals surface area contributed by atoms with Gasteiger partial charge in [0.15, 0.2) is 0 Å². The van der Waals surface area contributed by atoms with E-state index in [1.54, 1.807) is 0 Å². The van der Waals surface area contributed by atoms with Crippen molar-refractivity contribution < 1.29 is 0 Å². The van der Waals surface area contributed by atoms with Crippen LogP contribution in [0, 0.1) is 18.3 Å². The summed E-state index contributed by atoms with van der Waals surface area (Å²) in [5, 5.41) is 3.31. The summed E-state index contributed by atoms with van der Waals surface area (Å²) >= 11 is 3.57. The molecule has 0 aromatic heterocycles. The van der Waals surface area contributed by atoms with E-state index in [0.717, 1.165) is 16.9 Å². The fourth-order valence-electron chi connectivity index (χ4n) is 2.28. The molecular formula is C16H21BrN2. The Hall–Kier alpha value is -0.980. The third kappa shape index (κ3) is 3.75. The van der Waals surface area contributed by atoms with E-state index in [4.69, 9.17) is 6.42 Å². The van der Waals surface area contributed by atoms with Crippen molar-refractivity contribution in [3.05, 3.63) is 28.2 Å². The molecule has 1 fully saturated rings. The number of hydrogen-bond acceptors (Lipinski definition) is 2. The monoisotopic (exact) mass is 320 g/mol. The predicted molar refractivity (Wildman–Crippen MR) is 85.4 cm³/mol. The maximum atomic E-state index is 5.54. The maximum absolute atomic E-state index is 5.54. The summed E-state index contributed by atoms with van der Waals surface area (Å²) in [7, 11) is 1.99. The molecular weight excluding hydrogens is 300 g/mol. The van der Waals surface area contributed by atoms with Crippen LogP contribution in [0.2, 0.25) is 0 Å². The van der Waals surface area contributed by atoms with E-state index in [-0.39, 0.29) is 0 Å². The minimum absolute atomic E-state index is 0.322. The van der Waals surface area contributed by atoms with Crippen LogP contribution in [-0.2, 0) is 0 Å². The van der Waals surface area contributed by atoms with E-state index < -0.39 is 0 Å². The first kappa shape index (κ1) is 14.4. The maximum Gasteiger partial charge on any atom is 0.0791 e. The first-order chi connectivity index (χ1) is 9.15. The molecule has 1 aromatic rings. The van der Waals surface area contributed by atoms with Gasteiger partial charge in [0.2, 0.25) is 0 Å². The molecule has 1 N–H and O–H groups in total. The Labute approximate surface area is 124 Å². The molecule has 0 spiro atoms. The Bertz CT molecular complexity index is 474. The zero-order valence-corrected chi connectivity index (χ0v) is 13.2. The van der Waals surface area contributed by atoms with Gasteiger partial charge in [-0.05, 0) is 50.4 Å². The Morgan fingerprint density at radius 1 is 1.53 bits per heavy atom. The van der Waals surface area contributed by atoms with Crippen LogP contribution in [0.25, 0.3) is 0 Å². The molecule has 0 saturated heterocycles. The molecule has 2 nitrogen and oxygen atoms in total. The minimum atomic E-state index is 0.322. The highest BCUT2D eigenvalue weighted by Gasteiger charge is 2.25. The van der Waals surface area contributed by atoms with Gasteiger partial charge in [0.25, 0.3) is 0 Å². The lowest BCUT2D eigenvalue weighted by atomic mass is 10.0. The molecule has 1 aliphatic rings. The number of hydrogen-bond donors (Lipinski definition) is 1. The number of nitrogens with zero attached hydrogens (tertiary/aromatic N) is 1. The molecule has 1 saturated carbocycles. The average Bonchev–Trinajstić information content (AvgIpc) is 3.21. The second kappa shape index (κ2) is 6.45. The van der Waals surface area contributed by atoms with Crippen LogP contribution < -0.4 is 10.2 Å². The molecule has 1 unspecified atom stereocenters. The van der Waals surface area contributed by atoms with Crippen molar-refractivity contribution in [1.29, 1.82) is 0 Å². The second-order valence-electron chi connectivity index (χ2n) is 5.24. The molecule has 0 radical (unpaired) electrons. The molecule has 1 atom stereocenters. The van der Waals surface area contributed by atoms with Gasteiger partial charge in [0.1, 0.15) is 0 Å². The summed E-state index contributed by atoms with van der Waals surface area (Å²) in [5.41, 5.74) is 2.56. The van der Waals surface area contributed by atoms with Crippen molar-refractivity contribution in [1.82, 2.24) is 5.32 Å². The van der Waals surface area contributed by atoms with Gasteiger partial charge in [-0.3, -0.25) is 0 Å². The lowest BCUT2D eigenvalue weighted by molar-refractivity contribution is 0.646. The van der Waals surface area contributed by atoms with Gasteiger partial charge in [-0.25, -0.2) is 0 Å². The van der Waals surface area contributed by atoms with E-state index in [9.17, 15) is 0 Å². The summed E-state index contributed by atoms with van der Waals surface area (Å²) in [6, 6.07) is 6.78. The van der Waals surface area contributed by atoms with Crippen LogP contribution in [0.4, 0.5) is 5.69 Å². The van der Waals surface area contributed by atoms with E-state index >= 15 is 0 Å². The smallest absolute Gasteiger partial charge is 0.0791 e. The Morgan fingerprint density at radius 2 is 2.26 bits per heavy atom. The van der Waals surface area contributed by atoms with Crippen LogP contribution in [-0.4, -0.2) is 20.1 Å². The van der Waals surface area contributed by atoms with Gasteiger partial charge in [-0.2, -0.15) is 0 Å². The van der Waals surface area contributed by atoms with Crippen LogP contribution in [0.15, 0.2) is 22.7 Å². The molecule has 19 heavy (non-hydrogen) atoms. The van der Waals surface area contributed by atoms with Gasteiger partial charge in [0, 0.05) is 22.7 Å². The molecule has 0 bridgehead atoms. The zero-order valence-electron chi connectivity index (χ0n) is 11.6. The molecule has 1 aliphatic carbocycles. The largest absolute Gasteiger partial charge is 0.360 e. The quantitative estimate of drug-likeness (QED) is 0.806. The van der Waals surface area contributed by atoms with Gasteiger partial charge in [-0.1, -0.05) is 27.9 Å². The molecule has 1 aromatic carbocycles. The predicted octanol–water partition coefficient (Wildman–Crippen LogP) is 3.58. The van der Waals surface area contributed by atoms with E-state index in [1.165, 1.54) is 24.1 Å². The normalized spacial score (nSPS) is 15.9. The van der Waals surface area contributed by atoms with Crippen molar-refractivity contribution in [3.63, 3.8) is 0 Å². The molecule has 0 aliphatic heterocycles. The number of nitrogens with one attached hydrogen (secondary N) is 1. The number of benzene rings is 1. The standard InChI is InChI=1S/C16H21BrN2/c1-4-9-19(11-13-5-6-13)16-10-14(17)7-8-15(16)12(2)18-3/h1,7-8,10,12-13,18H,5-6,9,11H2,2-3H3. The SMILES string of the molecule is C#CCN(CC1CC1)c1cc(Br)ccc1C(C)NC. The molecule has 3 heteroatoms. The number of anilines is 1. The zero-order chi connectivity index (χ0) is 13.8. The summed E-state index contributed by atoms with van der Waals surface area (Å²) in [5.74, 6) is 3.62. The van der Waals surface area contributed by atoms with Crippen LogP contribution in [0.5, 0.6) is 0 Å². The minimum Gasteiger partial charge on any atom is -0.360 e. The lowest BCUT2D eigenvalue weighted by Gasteiger charge is -2.27. The number of rotatable bonds is 6. The highest BCUT2D eigenvalue weighted by molar-refractivity contribution is 9.10. The van der Waals surface area contributed by atoms with Crippen LogP contribution >= 0.6 is 15.9 Å². The van der Waals surface area contributed by atoms with Crippen LogP contribution in [0.3, 0.4) is 0 Å². The topological polar surface area (TPSA) is 15.3 Å². The highest BCUT2D eigenvalue weighted by atomic mass is 79.9. The Kier molecular flexibility index (Phi) is 4.90. The second-order valence-corrected chi connectivity index (χ2v) is 6.16. The van der Waals surface area contributed by atoms with Crippen molar-refractivity contribution >= 4 is 21.6 Å². The van der Waals surface area contributed by atoms with Gasteiger partial charge < -0.3 is 10.2 Å². The lowest BCUT2D eigenvalue weighted by Crippen LogP contribution is -2.28. The summed E-state index contributed by atoms with van der Waals surface area (Å²) < 4.78 is 1.10. The van der Waals surface area contributed by atoms with Gasteiger partial charge in [-0.15, -0.1) is 6.42 Å². The Balaban J connectivity index is 2.32.